The molecule has 2 aliphatic rings. The Morgan fingerprint density at radius 3 is 2.32 bits per heavy atom. The van der Waals surface area contributed by atoms with Crippen LogP contribution < -0.4 is 10.6 Å². The first-order valence-corrected chi connectivity index (χ1v) is 13.5. The Bertz CT molecular complexity index is 1260. The second kappa shape index (κ2) is 10.9. The van der Waals surface area contributed by atoms with Gasteiger partial charge in [0.1, 0.15) is 11.4 Å². The molecule has 0 amide bonds. The Morgan fingerprint density at radius 2 is 1.66 bits per heavy atom. The van der Waals surface area contributed by atoms with Gasteiger partial charge in [-0.05, 0) is 101 Å². The van der Waals surface area contributed by atoms with E-state index in [9.17, 15) is 13.2 Å². The maximum absolute atomic E-state index is 13.6. The molecule has 2 fully saturated rings. The van der Waals surface area contributed by atoms with Crippen molar-refractivity contribution < 1.29 is 13.2 Å². The molecule has 3 aromatic rings. The molecule has 0 atom stereocenters. The summed E-state index contributed by atoms with van der Waals surface area (Å²) < 4.78 is 40.8. The maximum Gasteiger partial charge on any atom is 0.421 e. The lowest BCUT2D eigenvalue weighted by Crippen LogP contribution is -2.41. The van der Waals surface area contributed by atoms with Gasteiger partial charge in [-0.1, -0.05) is 12.5 Å². The van der Waals surface area contributed by atoms with Crippen LogP contribution in [-0.2, 0) is 6.18 Å². The summed E-state index contributed by atoms with van der Waals surface area (Å²) in [5, 5.41) is 12.5. The van der Waals surface area contributed by atoms with Crippen LogP contribution in [0.25, 0.3) is 0 Å². The number of nitrogens with one attached hydrogen (secondary N) is 3. The highest BCUT2D eigenvalue weighted by molar-refractivity contribution is 5.64. The van der Waals surface area contributed by atoms with Crippen LogP contribution in [0.15, 0.2) is 24.4 Å². The Hall–Kier alpha value is -3.14. The molecule has 1 aliphatic carbocycles. The highest BCUT2D eigenvalue weighted by atomic mass is 19.4. The molecular weight excluding hydrogens is 491 g/mol. The highest BCUT2D eigenvalue weighted by Gasteiger charge is 2.35. The third-order valence-corrected chi connectivity index (χ3v) is 7.95. The number of aromatic amines is 1. The van der Waals surface area contributed by atoms with Crippen molar-refractivity contribution in [2.45, 2.75) is 83.9 Å². The Labute approximate surface area is 221 Å². The number of anilines is 4. The van der Waals surface area contributed by atoms with Crippen molar-refractivity contribution >= 4 is 23.3 Å². The second-order valence-electron chi connectivity index (χ2n) is 10.8. The van der Waals surface area contributed by atoms with Crippen molar-refractivity contribution in [2.75, 3.05) is 23.7 Å². The van der Waals surface area contributed by atoms with E-state index in [-0.39, 0.29) is 17.6 Å². The minimum atomic E-state index is -4.60. The van der Waals surface area contributed by atoms with Crippen LogP contribution in [0, 0.1) is 20.8 Å². The quantitative estimate of drug-likeness (QED) is 0.316. The number of hydrogen-bond acceptors (Lipinski definition) is 6. The van der Waals surface area contributed by atoms with Gasteiger partial charge in [0.15, 0.2) is 5.82 Å². The topological polar surface area (TPSA) is 81.8 Å². The first-order chi connectivity index (χ1) is 18.2. The van der Waals surface area contributed by atoms with Crippen LogP contribution >= 0.6 is 0 Å². The van der Waals surface area contributed by atoms with Gasteiger partial charge in [-0.2, -0.15) is 23.3 Å². The van der Waals surface area contributed by atoms with E-state index in [1.165, 1.54) is 69.2 Å². The third kappa shape index (κ3) is 5.95. The lowest BCUT2D eigenvalue weighted by atomic mass is 9.79. The molecule has 10 heteroatoms. The minimum Gasteiger partial charge on any atom is -0.324 e. The van der Waals surface area contributed by atoms with Crippen molar-refractivity contribution in [3.8, 4) is 0 Å². The fourth-order valence-electron chi connectivity index (χ4n) is 5.92. The predicted molar refractivity (Wildman–Crippen MR) is 143 cm³/mol. The molecule has 1 aliphatic heterocycles. The number of nitrogens with zero attached hydrogens (tertiary/aromatic N) is 4. The number of piperidine rings is 1. The number of likely N-dealkylation sites (tertiary alicyclic amines) is 1. The molecule has 3 heterocycles. The van der Waals surface area contributed by atoms with Crippen molar-refractivity contribution in [2.24, 2.45) is 0 Å². The summed E-state index contributed by atoms with van der Waals surface area (Å²) in [5.74, 6) is 0.534. The number of benzene rings is 1. The number of H-pyrrole nitrogens is 1. The van der Waals surface area contributed by atoms with Crippen LogP contribution in [0.2, 0.25) is 0 Å². The zero-order valence-corrected chi connectivity index (χ0v) is 22.3. The Morgan fingerprint density at radius 1 is 0.921 bits per heavy atom. The van der Waals surface area contributed by atoms with Crippen LogP contribution in [0.5, 0.6) is 0 Å². The molecule has 5 rings (SSSR count). The molecule has 1 saturated heterocycles. The molecule has 3 N–H and O–H groups in total. The monoisotopic (exact) mass is 527 g/mol. The van der Waals surface area contributed by atoms with Crippen molar-refractivity contribution in [3.05, 3.63) is 52.3 Å². The summed E-state index contributed by atoms with van der Waals surface area (Å²) in [4.78, 5) is 10.8. The summed E-state index contributed by atoms with van der Waals surface area (Å²) in [6.07, 6.45) is 5.09. The SMILES string of the molecule is Cc1cc(Nc2nc(Nc3cc(C)c(C4CCC(N5CCCCC5)CC4)cc3C)ncc2C(F)(F)F)n[nH]1. The molecule has 0 radical (unpaired) electrons. The van der Waals surface area contributed by atoms with Crippen LogP contribution in [0.4, 0.5) is 36.4 Å². The fourth-order valence-corrected chi connectivity index (χ4v) is 5.92. The molecule has 0 spiro atoms. The molecule has 7 nitrogen and oxygen atoms in total. The number of aromatic nitrogens is 4. The largest absolute Gasteiger partial charge is 0.421 e. The van der Waals surface area contributed by atoms with Gasteiger partial charge < -0.3 is 15.5 Å². The lowest BCUT2D eigenvalue weighted by molar-refractivity contribution is -0.137. The van der Waals surface area contributed by atoms with Gasteiger partial charge in [0.05, 0.1) is 0 Å². The molecule has 1 saturated carbocycles. The normalized spacial score (nSPS) is 20.9. The van der Waals surface area contributed by atoms with Gasteiger partial charge >= 0.3 is 6.18 Å². The van der Waals surface area contributed by atoms with E-state index < -0.39 is 11.7 Å². The van der Waals surface area contributed by atoms with Gasteiger partial charge in [-0.3, -0.25) is 5.10 Å². The number of hydrogen-bond donors (Lipinski definition) is 3. The smallest absolute Gasteiger partial charge is 0.324 e. The van der Waals surface area contributed by atoms with Crippen LogP contribution in [0.1, 0.15) is 78.8 Å². The number of alkyl halides is 3. The molecular formula is C28H36F3N7. The zero-order valence-electron chi connectivity index (χ0n) is 22.3. The zero-order chi connectivity index (χ0) is 26.9. The average Bonchev–Trinajstić information content (AvgIpc) is 3.30. The van der Waals surface area contributed by atoms with Gasteiger partial charge in [-0.15, -0.1) is 0 Å². The fraction of sp³-hybridized carbons (Fsp3) is 0.536. The van der Waals surface area contributed by atoms with Crippen molar-refractivity contribution in [1.29, 1.82) is 0 Å². The van der Waals surface area contributed by atoms with E-state index in [1.54, 1.807) is 13.0 Å². The van der Waals surface area contributed by atoms with E-state index in [2.05, 4.69) is 54.8 Å². The van der Waals surface area contributed by atoms with Crippen molar-refractivity contribution in [3.63, 3.8) is 0 Å². The Kier molecular flexibility index (Phi) is 7.61. The van der Waals surface area contributed by atoms with E-state index in [4.69, 9.17) is 0 Å². The Balaban J connectivity index is 1.31. The molecule has 0 unspecified atom stereocenters. The number of halogens is 3. The van der Waals surface area contributed by atoms with E-state index >= 15 is 0 Å². The highest BCUT2D eigenvalue weighted by Crippen LogP contribution is 2.39. The van der Waals surface area contributed by atoms with Gasteiger partial charge in [-0.25, -0.2) is 4.98 Å². The van der Waals surface area contributed by atoms with Crippen LogP contribution in [-0.4, -0.2) is 44.2 Å². The van der Waals surface area contributed by atoms with Gasteiger partial charge in [0.25, 0.3) is 0 Å². The second-order valence-corrected chi connectivity index (χ2v) is 10.8. The average molecular weight is 528 g/mol. The first kappa shape index (κ1) is 26.5. The molecule has 1 aromatic carbocycles. The summed E-state index contributed by atoms with van der Waals surface area (Å²) in [6, 6.07) is 6.62. The molecule has 38 heavy (non-hydrogen) atoms. The van der Waals surface area contributed by atoms with E-state index in [1.807, 2.05) is 6.92 Å². The minimum absolute atomic E-state index is 0.0880. The summed E-state index contributed by atoms with van der Waals surface area (Å²) in [5.41, 5.74) is 4.12. The molecule has 0 bridgehead atoms. The third-order valence-electron chi connectivity index (χ3n) is 7.95. The summed E-state index contributed by atoms with van der Waals surface area (Å²) >= 11 is 0. The number of rotatable bonds is 6. The predicted octanol–water partition coefficient (Wildman–Crippen LogP) is 7.14. The summed E-state index contributed by atoms with van der Waals surface area (Å²) in [7, 11) is 0. The van der Waals surface area contributed by atoms with E-state index in [0.29, 0.717) is 5.92 Å². The number of aryl methyl sites for hydroxylation is 3. The molecule has 204 valence electrons. The maximum atomic E-state index is 13.6. The van der Waals surface area contributed by atoms with Crippen molar-refractivity contribution in [1.82, 2.24) is 25.1 Å². The van der Waals surface area contributed by atoms with Gasteiger partial charge in [0.2, 0.25) is 5.95 Å². The lowest BCUT2D eigenvalue weighted by Gasteiger charge is -2.39. The molecule has 2 aromatic heterocycles. The van der Waals surface area contributed by atoms with E-state index in [0.717, 1.165) is 29.2 Å². The standard InChI is InChI=1S/C28H36F3N7/c1-17-14-24(18(2)13-22(17)20-7-9-21(10-8-20)38-11-5-4-6-12-38)33-27-32-16-23(28(29,30)31)26(35-27)34-25-15-19(3)36-37-25/h13-16,20-21H,4-12H2,1-3H3,(H3,32,33,34,35,36,37). The van der Waals surface area contributed by atoms with Gasteiger partial charge in [0, 0.05) is 29.7 Å². The van der Waals surface area contributed by atoms with Crippen LogP contribution in [0.3, 0.4) is 0 Å². The summed E-state index contributed by atoms with van der Waals surface area (Å²) in [6.45, 7) is 8.39. The first-order valence-electron chi connectivity index (χ1n) is 13.5.